The van der Waals surface area contributed by atoms with Gasteiger partial charge in [-0.05, 0) is 86.2 Å². The van der Waals surface area contributed by atoms with Crippen LogP contribution in [0.15, 0.2) is 0 Å². The quantitative estimate of drug-likeness (QED) is 0.0360. The van der Waals surface area contributed by atoms with Crippen molar-refractivity contribution < 1.29 is 38.1 Å². The van der Waals surface area contributed by atoms with Crippen LogP contribution < -0.4 is 5.32 Å². The summed E-state index contributed by atoms with van der Waals surface area (Å²) in [7, 11) is 3.89. The van der Waals surface area contributed by atoms with Gasteiger partial charge in [0.25, 0.3) is 0 Å². The molecule has 0 spiro atoms. The predicted octanol–water partition coefficient (Wildman–Crippen LogP) is 17.4. The number of rotatable bonds is 53. The zero-order valence-electron chi connectivity index (χ0n) is 48.7. The summed E-state index contributed by atoms with van der Waals surface area (Å²) in [6.45, 7) is 12.4. The van der Waals surface area contributed by atoms with E-state index in [1.54, 1.807) is 4.90 Å². The number of carbonyl (C=O) groups is 4. The maximum Gasteiger partial charge on any atom is 0.410 e. The van der Waals surface area contributed by atoms with Crippen LogP contribution in [0.1, 0.15) is 304 Å². The first kappa shape index (κ1) is 69.4. The minimum absolute atomic E-state index is 0.131. The van der Waals surface area contributed by atoms with Crippen LogP contribution in [0.25, 0.3) is 0 Å². The van der Waals surface area contributed by atoms with Crippen molar-refractivity contribution >= 4 is 24.1 Å². The summed E-state index contributed by atoms with van der Waals surface area (Å²) in [5.41, 5.74) is -0.625. The average Bonchev–Trinajstić information content (AvgIpc) is 3.33. The van der Waals surface area contributed by atoms with Crippen LogP contribution in [0, 0.1) is 0 Å². The standard InChI is InChI=1S/C61H119N3O8/c1-8-10-12-14-16-18-20-22-24-26-28-30-32-34-36-38-40-48-57(65)69-54-44-42-46-56(71-59(67)62-50-51-64(53-52-63(6)7)60(68)72-61(3,4)5)47-43-45-55-70-58(66)49-41-39-37-35-33-31-29-27-25-23-21-19-17-15-13-11-9-2/h56H,8-55H2,1-7H3,(H,62,67). The molecule has 0 aromatic carbocycles. The topological polar surface area (TPSA) is 124 Å². The van der Waals surface area contributed by atoms with Crippen LogP contribution in [0.3, 0.4) is 0 Å². The largest absolute Gasteiger partial charge is 0.466 e. The molecule has 0 fully saturated rings. The summed E-state index contributed by atoms with van der Waals surface area (Å²) >= 11 is 0. The van der Waals surface area contributed by atoms with E-state index in [2.05, 4.69) is 19.2 Å². The van der Waals surface area contributed by atoms with Gasteiger partial charge in [-0.15, -0.1) is 0 Å². The molecule has 0 rings (SSSR count). The molecule has 0 saturated heterocycles. The summed E-state index contributed by atoms with van der Waals surface area (Å²) in [6, 6.07) is 0. The summed E-state index contributed by atoms with van der Waals surface area (Å²) in [6.07, 6.45) is 48.4. The molecule has 2 amide bonds. The minimum Gasteiger partial charge on any atom is -0.466 e. The molecular formula is C61H119N3O8. The van der Waals surface area contributed by atoms with Gasteiger partial charge in [0.2, 0.25) is 0 Å². The zero-order valence-corrected chi connectivity index (χ0v) is 48.7. The molecule has 0 unspecified atom stereocenters. The third kappa shape index (κ3) is 52.3. The summed E-state index contributed by atoms with van der Waals surface area (Å²) in [4.78, 5) is 54.4. The van der Waals surface area contributed by atoms with Crippen LogP contribution in [-0.2, 0) is 28.5 Å². The van der Waals surface area contributed by atoms with Crippen molar-refractivity contribution in [2.75, 3.05) is 53.5 Å². The van der Waals surface area contributed by atoms with Crippen LogP contribution >= 0.6 is 0 Å². The van der Waals surface area contributed by atoms with Gasteiger partial charge in [-0.25, -0.2) is 9.59 Å². The number of nitrogens with zero attached hydrogens (tertiary/aromatic N) is 2. The molecule has 0 aromatic heterocycles. The van der Waals surface area contributed by atoms with Crippen molar-refractivity contribution in [3.05, 3.63) is 0 Å². The highest BCUT2D eigenvalue weighted by Crippen LogP contribution is 2.18. The van der Waals surface area contributed by atoms with Gasteiger partial charge in [0, 0.05) is 39.0 Å². The minimum atomic E-state index is -0.625. The molecule has 0 aliphatic heterocycles. The van der Waals surface area contributed by atoms with Crippen molar-refractivity contribution in [3.63, 3.8) is 0 Å². The zero-order chi connectivity index (χ0) is 53.0. The molecule has 0 atom stereocenters. The second-order valence-electron chi connectivity index (χ2n) is 22.5. The number of likely N-dealkylation sites (N-methyl/N-ethyl adjacent to an activating group) is 1. The van der Waals surface area contributed by atoms with E-state index in [0.29, 0.717) is 64.8 Å². The molecule has 0 aliphatic rings. The lowest BCUT2D eigenvalue weighted by atomic mass is 10.0. The van der Waals surface area contributed by atoms with Gasteiger partial charge in [-0.1, -0.05) is 219 Å². The molecule has 0 aliphatic carbocycles. The number of hydrogen-bond acceptors (Lipinski definition) is 9. The molecule has 11 nitrogen and oxygen atoms in total. The number of alkyl carbamates (subject to hydrolysis) is 1. The number of ether oxygens (including phenoxy) is 4. The van der Waals surface area contributed by atoms with E-state index in [1.807, 2.05) is 39.8 Å². The molecule has 0 bridgehead atoms. The Balaban J connectivity index is 4.47. The lowest BCUT2D eigenvalue weighted by Crippen LogP contribution is -2.44. The van der Waals surface area contributed by atoms with E-state index < -0.39 is 17.8 Å². The first-order valence-corrected chi connectivity index (χ1v) is 30.8. The van der Waals surface area contributed by atoms with Gasteiger partial charge in [0.05, 0.1) is 13.2 Å². The van der Waals surface area contributed by atoms with Crippen LogP contribution in [0.4, 0.5) is 9.59 Å². The van der Waals surface area contributed by atoms with Gasteiger partial charge in [0.15, 0.2) is 0 Å². The van der Waals surface area contributed by atoms with Crippen molar-refractivity contribution in [2.45, 2.75) is 316 Å². The van der Waals surface area contributed by atoms with Crippen molar-refractivity contribution in [1.82, 2.24) is 15.1 Å². The second-order valence-corrected chi connectivity index (χ2v) is 22.5. The van der Waals surface area contributed by atoms with E-state index in [1.165, 1.54) is 193 Å². The summed E-state index contributed by atoms with van der Waals surface area (Å²) in [5.74, 6) is -0.262. The number of esters is 2. The molecule has 0 radical (unpaired) electrons. The molecule has 426 valence electrons. The fraction of sp³-hybridized carbons (Fsp3) is 0.934. The number of carbonyl (C=O) groups excluding carboxylic acids is 4. The lowest BCUT2D eigenvalue weighted by molar-refractivity contribution is -0.144. The van der Waals surface area contributed by atoms with E-state index in [4.69, 9.17) is 18.9 Å². The second kappa shape index (κ2) is 51.9. The monoisotopic (exact) mass is 1020 g/mol. The van der Waals surface area contributed by atoms with Crippen molar-refractivity contribution in [2.24, 2.45) is 0 Å². The van der Waals surface area contributed by atoms with Crippen molar-refractivity contribution in [1.29, 1.82) is 0 Å². The highest BCUT2D eigenvalue weighted by atomic mass is 16.6. The Morgan fingerprint density at radius 3 is 1.08 bits per heavy atom. The van der Waals surface area contributed by atoms with Gasteiger partial charge < -0.3 is 34.1 Å². The Morgan fingerprint density at radius 2 is 0.764 bits per heavy atom. The Bertz CT molecular complexity index is 1170. The first-order chi connectivity index (χ1) is 34.9. The molecular weight excluding hydrogens is 903 g/mol. The number of nitrogens with one attached hydrogen (secondary N) is 1. The molecule has 72 heavy (non-hydrogen) atoms. The molecule has 0 heterocycles. The highest BCUT2D eigenvalue weighted by molar-refractivity contribution is 5.70. The van der Waals surface area contributed by atoms with Crippen molar-refractivity contribution in [3.8, 4) is 0 Å². The number of unbranched alkanes of at least 4 members (excludes halogenated alkanes) is 34. The van der Waals surface area contributed by atoms with Crippen LogP contribution in [0.5, 0.6) is 0 Å². The van der Waals surface area contributed by atoms with E-state index in [0.717, 1.165) is 38.5 Å². The highest BCUT2D eigenvalue weighted by Gasteiger charge is 2.23. The Labute approximate surface area is 445 Å². The third-order valence-electron chi connectivity index (χ3n) is 13.7. The summed E-state index contributed by atoms with van der Waals surface area (Å²) < 4.78 is 22.6. The van der Waals surface area contributed by atoms with Gasteiger partial charge in [-0.3, -0.25) is 9.59 Å². The number of hydrogen-bond donors (Lipinski definition) is 1. The fourth-order valence-corrected chi connectivity index (χ4v) is 9.14. The molecule has 11 heteroatoms. The molecule has 0 aromatic rings. The average molecular weight is 1020 g/mol. The smallest absolute Gasteiger partial charge is 0.410 e. The van der Waals surface area contributed by atoms with Gasteiger partial charge >= 0.3 is 24.1 Å². The SMILES string of the molecule is CCCCCCCCCCCCCCCCCCCC(=O)OCCCCC(CCCCOC(=O)CCCCCCCCCCCCCCCCCCC)OC(=O)NCCN(CCN(C)C)C(=O)OC(C)(C)C. The normalized spacial score (nSPS) is 11.6. The van der Waals surface area contributed by atoms with Crippen LogP contribution in [-0.4, -0.2) is 99.1 Å². The molecule has 1 N–H and O–H groups in total. The van der Waals surface area contributed by atoms with Gasteiger partial charge in [-0.2, -0.15) is 0 Å². The maximum absolute atomic E-state index is 13.0. The maximum atomic E-state index is 13.0. The Hall–Kier alpha value is -2.56. The molecule has 0 saturated carbocycles. The predicted molar refractivity (Wildman–Crippen MR) is 302 cm³/mol. The Kier molecular flexibility index (Phi) is 50.1. The van der Waals surface area contributed by atoms with Gasteiger partial charge in [0.1, 0.15) is 11.7 Å². The van der Waals surface area contributed by atoms with E-state index >= 15 is 0 Å². The van der Waals surface area contributed by atoms with E-state index in [-0.39, 0.29) is 31.1 Å². The lowest BCUT2D eigenvalue weighted by Gasteiger charge is -2.28. The Morgan fingerprint density at radius 1 is 0.431 bits per heavy atom. The van der Waals surface area contributed by atoms with Crippen LogP contribution in [0.2, 0.25) is 0 Å². The first-order valence-electron chi connectivity index (χ1n) is 30.8. The fourth-order valence-electron chi connectivity index (χ4n) is 9.14. The summed E-state index contributed by atoms with van der Waals surface area (Å²) in [5, 5.41) is 2.83. The third-order valence-corrected chi connectivity index (χ3v) is 13.7. The van der Waals surface area contributed by atoms with E-state index in [9.17, 15) is 19.2 Å². The number of amides is 2.